The number of carboxylic acids is 1. The number of hydrogen-bond acceptors (Lipinski definition) is 4. The lowest BCUT2D eigenvalue weighted by Gasteiger charge is -2.12. The van der Waals surface area contributed by atoms with Crippen LogP contribution in [-0.2, 0) is 19.6 Å². The van der Waals surface area contributed by atoms with E-state index in [0.29, 0.717) is 12.8 Å². The maximum Gasteiger partial charge on any atom is 0.307 e. The van der Waals surface area contributed by atoms with E-state index in [4.69, 9.17) is 5.11 Å². The van der Waals surface area contributed by atoms with Crippen molar-refractivity contribution >= 4 is 16.0 Å². The van der Waals surface area contributed by atoms with Crippen LogP contribution in [0.25, 0.3) is 0 Å². The van der Waals surface area contributed by atoms with Gasteiger partial charge in [-0.25, -0.2) is 13.1 Å². The van der Waals surface area contributed by atoms with Crippen LogP contribution >= 0.6 is 0 Å². The molecule has 0 amide bonds. The van der Waals surface area contributed by atoms with Crippen LogP contribution in [-0.4, -0.2) is 45.5 Å². The molecule has 6 nitrogen and oxygen atoms in total. The average Bonchev–Trinajstić information content (AvgIpc) is 2.21. The van der Waals surface area contributed by atoms with Gasteiger partial charge in [0.25, 0.3) is 0 Å². The molecule has 0 saturated carbocycles. The lowest BCUT2D eigenvalue weighted by Crippen LogP contribution is -2.35. The molecule has 0 radical (unpaired) electrons. The highest BCUT2D eigenvalue weighted by atomic mass is 32.2. The zero-order valence-corrected chi connectivity index (χ0v) is 10.4. The number of carbonyl (C=O) groups is 1. The Balaban J connectivity index is 4.13. The van der Waals surface area contributed by atoms with Gasteiger partial charge < -0.3 is 9.84 Å². The molecule has 7 heteroatoms. The maximum absolute atomic E-state index is 11.3. The van der Waals surface area contributed by atoms with Gasteiger partial charge in [-0.15, -0.1) is 0 Å². The summed E-state index contributed by atoms with van der Waals surface area (Å²) in [4.78, 5) is 10.8. The smallest absolute Gasteiger partial charge is 0.307 e. The number of hydrogen-bond donors (Lipinski definition) is 2. The predicted octanol–water partition coefficient (Wildman–Crippen LogP) is 0.0531. The van der Waals surface area contributed by atoms with Gasteiger partial charge in [-0.1, -0.05) is 13.3 Å². The second-order valence-electron chi connectivity index (χ2n) is 3.48. The Morgan fingerprint density at radius 3 is 2.56 bits per heavy atom. The summed E-state index contributed by atoms with van der Waals surface area (Å²) >= 11 is 0. The van der Waals surface area contributed by atoms with Gasteiger partial charge in [0.05, 0.1) is 18.3 Å². The first-order valence-electron chi connectivity index (χ1n) is 5.12. The second kappa shape index (κ2) is 7.59. The molecule has 16 heavy (non-hydrogen) atoms. The lowest BCUT2D eigenvalue weighted by atomic mass is 10.1. The average molecular weight is 253 g/mol. The van der Waals surface area contributed by atoms with Crippen LogP contribution in [0.1, 0.15) is 19.8 Å². The summed E-state index contributed by atoms with van der Waals surface area (Å²) in [7, 11) is -2.02. The fraction of sp³-hybridized carbons (Fsp3) is 0.889. The van der Waals surface area contributed by atoms with E-state index in [1.54, 1.807) is 0 Å². The zero-order chi connectivity index (χ0) is 12.6. The molecule has 0 rings (SSSR count). The summed E-state index contributed by atoms with van der Waals surface area (Å²) in [5.41, 5.74) is 0. The highest BCUT2D eigenvalue weighted by Crippen LogP contribution is 2.05. The van der Waals surface area contributed by atoms with Crippen LogP contribution < -0.4 is 4.72 Å². The van der Waals surface area contributed by atoms with Crippen molar-refractivity contribution in [2.24, 2.45) is 5.92 Å². The molecule has 1 atom stereocenters. The first-order valence-corrected chi connectivity index (χ1v) is 6.77. The van der Waals surface area contributed by atoms with Crippen LogP contribution in [0.4, 0.5) is 0 Å². The third-order valence-electron chi connectivity index (χ3n) is 2.09. The highest BCUT2D eigenvalue weighted by Gasteiger charge is 2.19. The molecule has 0 fully saturated rings. The van der Waals surface area contributed by atoms with Crippen molar-refractivity contribution in [3.63, 3.8) is 0 Å². The molecule has 0 aliphatic carbocycles. The molecule has 0 aromatic rings. The quantitative estimate of drug-likeness (QED) is 0.606. The van der Waals surface area contributed by atoms with E-state index in [-0.39, 0.29) is 18.9 Å². The van der Waals surface area contributed by atoms with Crippen LogP contribution in [0.2, 0.25) is 0 Å². The van der Waals surface area contributed by atoms with Crippen LogP contribution in [0.5, 0.6) is 0 Å². The minimum Gasteiger partial charge on any atom is -0.481 e. The summed E-state index contributed by atoms with van der Waals surface area (Å²) in [5, 5.41) is 8.82. The highest BCUT2D eigenvalue weighted by molar-refractivity contribution is 7.89. The Hall–Kier alpha value is -0.660. The van der Waals surface area contributed by atoms with Crippen molar-refractivity contribution in [2.45, 2.75) is 19.8 Å². The summed E-state index contributed by atoms with van der Waals surface area (Å²) < 4.78 is 29.6. The maximum atomic E-state index is 11.3. The molecule has 0 saturated heterocycles. The monoisotopic (exact) mass is 253 g/mol. The van der Waals surface area contributed by atoms with Gasteiger partial charge >= 0.3 is 5.97 Å². The molecule has 0 aliphatic heterocycles. The normalized spacial score (nSPS) is 13.6. The number of aliphatic carboxylic acids is 1. The van der Waals surface area contributed by atoms with Crippen molar-refractivity contribution in [2.75, 3.05) is 26.0 Å². The van der Waals surface area contributed by atoms with Gasteiger partial charge in [0.1, 0.15) is 0 Å². The summed E-state index contributed by atoms with van der Waals surface area (Å²) in [6, 6.07) is 0. The molecule has 0 spiro atoms. The Labute approximate surface area is 96.0 Å². The summed E-state index contributed by atoms with van der Waals surface area (Å²) in [5.74, 6) is -1.79. The Kier molecular flexibility index (Phi) is 7.27. The number of methoxy groups -OCH3 is 1. The number of rotatable bonds is 9. The van der Waals surface area contributed by atoms with Crippen molar-refractivity contribution in [3.8, 4) is 0 Å². The SMILES string of the molecule is CCCC(CNS(=O)(=O)CCOC)C(=O)O. The van der Waals surface area contributed by atoms with Crippen LogP contribution in [0.15, 0.2) is 0 Å². The van der Waals surface area contributed by atoms with Crippen molar-refractivity contribution in [1.82, 2.24) is 4.72 Å². The van der Waals surface area contributed by atoms with Crippen molar-refractivity contribution in [3.05, 3.63) is 0 Å². The van der Waals surface area contributed by atoms with E-state index in [2.05, 4.69) is 9.46 Å². The Morgan fingerprint density at radius 1 is 1.50 bits per heavy atom. The molecule has 1 unspecified atom stereocenters. The van der Waals surface area contributed by atoms with E-state index in [1.165, 1.54) is 7.11 Å². The lowest BCUT2D eigenvalue weighted by molar-refractivity contribution is -0.141. The summed E-state index contributed by atoms with van der Waals surface area (Å²) in [6.45, 7) is 1.89. The van der Waals surface area contributed by atoms with E-state index in [9.17, 15) is 13.2 Å². The molecule has 0 aromatic carbocycles. The first kappa shape index (κ1) is 15.3. The topological polar surface area (TPSA) is 92.7 Å². The third-order valence-corrected chi connectivity index (χ3v) is 3.40. The van der Waals surface area contributed by atoms with E-state index >= 15 is 0 Å². The van der Waals surface area contributed by atoms with Crippen molar-refractivity contribution in [1.29, 1.82) is 0 Å². The molecule has 0 aliphatic rings. The summed E-state index contributed by atoms with van der Waals surface area (Å²) in [6.07, 6.45) is 1.17. The molecular formula is C9H19NO5S. The van der Waals surface area contributed by atoms with E-state index < -0.39 is 21.9 Å². The van der Waals surface area contributed by atoms with Crippen molar-refractivity contribution < 1.29 is 23.1 Å². The molecule has 0 aromatic heterocycles. The number of ether oxygens (including phenoxy) is 1. The van der Waals surface area contributed by atoms with Gasteiger partial charge in [-0.3, -0.25) is 4.79 Å². The number of nitrogens with one attached hydrogen (secondary N) is 1. The zero-order valence-electron chi connectivity index (χ0n) is 9.60. The predicted molar refractivity (Wildman–Crippen MR) is 59.7 cm³/mol. The van der Waals surface area contributed by atoms with Gasteiger partial charge in [0, 0.05) is 13.7 Å². The molecule has 2 N–H and O–H groups in total. The molecule has 0 bridgehead atoms. The minimum absolute atomic E-state index is 0.0603. The van der Waals surface area contributed by atoms with E-state index in [0.717, 1.165) is 0 Å². The van der Waals surface area contributed by atoms with Gasteiger partial charge in [-0.05, 0) is 6.42 Å². The Morgan fingerprint density at radius 2 is 2.12 bits per heavy atom. The third kappa shape index (κ3) is 6.76. The first-order chi connectivity index (χ1) is 7.43. The van der Waals surface area contributed by atoms with Gasteiger partial charge in [0.15, 0.2) is 0 Å². The van der Waals surface area contributed by atoms with Gasteiger partial charge in [0.2, 0.25) is 10.0 Å². The standard InChI is InChI=1S/C9H19NO5S/c1-3-4-8(9(11)12)7-10-16(13,14)6-5-15-2/h8,10H,3-7H2,1-2H3,(H,11,12). The van der Waals surface area contributed by atoms with Crippen LogP contribution in [0, 0.1) is 5.92 Å². The second-order valence-corrected chi connectivity index (χ2v) is 5.41. The Bertz CT molecular complexity index is 301. The minimum atomic E-state index is -3.43. The fourth-order valence-electron chi connectivity index (χ4n) is 1.15. The fourth-order valence-corrected chi connectivity index (χ4v) is 2.14. The van der Waals surface area contributed by atoms with Crippen LogP contribution in [0.3, 0.4) is 0 Å². The largest absolute Gasteiger partial charge is 0.481 e. The molecule has 96 valence electrons. The number of carboxylic acid groups (broad SMARTS) is 1. The van der Waals surface area contributed by atoms with Gasteiger partial charge in [-0.2, -0.15) is 0 Å². The molecule has 0 heterocycles. The van der Waals surface area contributed by atoms with E-state index in [1.807, 2.05) is 6.92 Å². The molecular weight excluding hydrogens is 234 g/mol. The number of sulfonamides is 1.